The van der Waals surface area contributed by atoms with E-state index in [1.165, 1.54) is 0 Å². The maximum absolute atomic E-state index is 12.7. The van der Waals surface area contributed by atoms with Crippen LogP contribution < -0.4 is 10.1 Å². The predicted octanol–water partition coefficient (Wildman–Crippen LogP) is 4.09. The van der Waals surface area contributed by atoms with E-state index in [1.54, 1.807) is 13.4 Å². The first-order chi connectivity index (χ1) is 17.6. The lowest BCUT2D eigenvalue weighted by Crippen LogP contribution is -2.50. The van der Waals surface area contributed by atoms with Crippen LogP contribution in [0.2, 0.25) is 0 Å². The Morgan fingerprint density at radius 1 is 1.25 bits per heavy atom. The minimum absolute atomic E-state index is 0.0138. The topological polar surface area (TPSA) is 81.0 Å². The number of nitrogens with zero attached hydrogens (tertiary/aromatic N) is 4. The third-order valence-corrected chi connectivity index (χ3v) is 6.55. The number of hydrogen-bond donors (Lipinski definition) is 1. The number of piperidine rings is 1. The van der Waals surface area contributed by atoms with Crippen LogP contribution >= 0.6 is 0 Å². The van der Waals surface area contributed by atoms with Crippen LogP contribution in [-0.2, 0) is 16.2 Å². The van der Waals surface area contributed by atoms with Crippen LogP contribution in [0.25, 0.3) is 11.8 Å². The molecule has 8 heteroatoms. The number of hydrogen-bond acceptors (Lipinski definition) is 6. The SMILES string of the molecule is COc1cc(/C=C2\CCCN3C2=NOC[C@@H]3CC(=O)NCc2ccccc2)ccc1-n1cnc(C)c1. The van der Waals surface area contributed by atoms with Crippen molar-refractivity contribution in [1.29, 1.82) is 0 Å². The lowest BCUT2D eigenvalue weighted by atomic mass is 9.97. The van der Waals surface area contributed by atoms with Crippen molar-refractivity contribution in [3.8, 4) is 11.4 Å². The highest BCUT2D eigenvalue weighted by Crippen LogP contribution is 2.30. The minimum atomic E-state index is -0.0432. The lowest BCUT2D eigenvalue weighted by molar-refractivity contribution is -0.123. The summed E-state index contributed by atoms with van der Waals surface area (Å²) >= 11 is 0. The molecule has 1 fully saturated rings. The molecule has 5 rings (SSSR count). The third-order valence-electron chi connectivity index (χ3n) is 6.55. The number of oxime groups is 1. The molecule has 1 amide bonds. The Kier molecular flexibility index (Phi) is 7.02. The van der Waals surface area contributed by atoms with Crippen molar-refractivity contribution in [2.24, 2.45) is 5.16 Å². The number of methoxy groups -OCH3 is 1. The number of fused-ring (bicyclic) bond motifs is 1. The van der Waals surface area contributed by atoms with Crippen LogP contribution in [0.1, 0.15) is 36.1 Å². The van der Waals surface area contributed by atoms with Crippen molar-refractivity contribution < 1.29 is 14.4 Å². The normalized spacial score (nSPS) is 18.3. The number of amidine groups is 1. The van der Waals surface area contributed by atoms with Gasteiger partial charge in [-0.25, -0.2) is 4.98 Å². The van der Waals surface area contributed by atoms with E-state index in [4.69, 9.17) is 9.57 Å². The van der Waals surface area contributed by atoms with Gasteiger partial charge in [-0.1, -0.05) is 41.6 Å². The molecule has 186 valence electrons. The molecule has 8 nitrogen and oxygen atoms in total. The lowest BCUT2D eigenvalue weighted by Gasteiger charge is -2.39. The quantitative estimate of drug-likeness (QED) is 0.545. The maximum atomic E-state index is 12.7. The number of aryl methyl sites for hydroxylation is 1. The van der Waals surface area contributed by atoms with Crippen LogP contribution in [0.15, 0.2) is 71.8 Å². The summed E-state index contributed by atoms with van der Waals surface area (Å²) in [6.07, 6.45) is 8.16. The fourth-order valence-electron chi connectivity index (χ4n) is 4.72. The molecule has 36 heavy (non-hydrogen) atoms. The van der Waals surface area contributed by atoms with E-state index in [1.807, 2.05) is 60.2 Å². The summed E-state index contributed by atoms with van der Waals surface area (Å²) in [5.74, 6) is 1.60. The monoisotopic (exact) mass is 485 g/mol. The van der Waals surface area contributed by atoms with Gasteiger partial charge in [-0.3, -0.25) is 4.79 Å². The van der Waals surface area contributed by atoms with E-state index < -0.39 is 0 Å². The van der Waals surface area contributed by atoms with Crippen LogP contribution in [0.5, 0.6) is 5.75 Å². The first-order valence-corrected chi connectivity index (χ1v) is 12.3. The molecule has 0 bridgehead atoms. The Balaban J connectivity index is 1.29. The number of carbonyl (C=O) groups is 1. The zero-order valence-electron chi connectivity index (χ0n) is 20.7. The molecule has 1 saturated heterocycles. The first kappa shape index (κ1) is 23.7. The number of carbonyl (C=O) groups excluding carboxylic acids is 1. The summed E-state index contributed by atoms with van der Waals surface area (Å²) in [4.78, 5) is 24.8. The fourth-order valence-corrected chi connectivity index (χ4v) is 4.72. The summed E-state index contributed by atoms with van der Waals surface area (Å²) in [7, 11) is 1.67. The average Bonchev–Trinajstić information content (AvgIpc) is 3.34. The van der Waals surface area contributed by atoms with Crippen molar-refractivity contribution in [1.82, 2.24) is 19.8 Å². The summed E-state index contributed by atoms with van der Waals surface area (Å²) in [6, 6.07) is 16.0. The van der Waals surface area contributed by atoms with Gasteiger partial charge in [0.05, 0.1) is 37.3 Å². The first-order valence-electron chi connectivity index (χ1n) is 12.3. The van der Waals surface area contributed by atoms with E-state index in [0.717, 1.165) is 59.1 Å². The van der Waals surface area contributed by atoms with Gasteiger partial charge in [0.2, 0.25) is 5.91 Å². The predicted molar refractivity (Wildman–Crippen MR) is 139 cm³/mol. The molecule has 2 aromatic carbocycles. The van der Waals surface area contributed by atoms with Crippen LogP contribution in [0, 0.1) is 6.92 Å². The van der Waals surface area contributed by atoms with Gasteiger partial charge in [-0.05, 0) is 54.7 Å². The summed E-state index contributed by atoms with van der Waals surface area (Å²) in [6.45, 7) is 3.75. The third kappa shape index (κ3) is 5.27. The van der Waals surface area contributed by atoms with Crippen molar-refractivity contribution in [3.05, 3.63) is 83.4 Å². The van der Waals surface area contributed by atoms with Gasteiger partial charge in [0.1, 0.15) is 12.4 Å². The Morgan fingerprint density at radius 2 is 2.11 bits per heavy atom. The number of benzene rings is 2. The minimum Gasteiger partial charge on any atom is -0.495 e. The number of imidazole rings is 1. The maximum Gasteiger partial charge on any atom is 0.222 e. The number of rotatable bonds is 7. The Bertz CT molecular complexity index is 1280. The molecular formula is C28H31N5O3. The van der Waals surface area contributed by atoms with Gasteiger partial charge < -0.3 is 24.4 Å². The van der Waals surface area contributed by atoms with Crippen LogP contribution in [0.4, 0.5) is 0 Å². The molecular weight excluding hydrogens is 454 g/mol. The van der Waals surface area contributed by atoms with E-state index in [0.29, 0.717) is 19.6 Å². The van der Waals surface area contributed by atoms with Gasteiger partial charge in [0.15, 0.2) is 5.84 Å². The zero-order chi connectivity index (χ0) is 24.9. The molecule has 1 aromatic heterocycles. The van der Waals surface area contributed by atoms with Gasteiger partial charge >= 0.3 is 0 Å². The van der Waals surface area contributed by atoms with Crippen molar-refractivity contribution in [3.63, 3.8) is 0 Å². The van der Waals surface area contributed by atoms with E-state index >= 15 is 0 Å². The Labute approximate surface area is 211 Å². The Morgan fingerprint density at radius 3 is 2.89 bits per heavy atom. The van der Waals surface area contributed by atoms with Gasteiger partial charge in [-0.2, -0.15) is 0 Å². The molecule has 0 spiro atoms. The van der Waals surface area contributed by atoms with Crippen molar-refractivity contribution in [2.75, 3.05) is 20.3 Å². The second-order valence-electron chi connectivity index (χ2n) is 9.15. The molecule has 0 unspecified atom stereocenters. The van der Waals surface area contributed by atoms with Gasteiger partial charge in [0.25, 0.3) is 0 Å². The zero-order valence-corrected chi connectivity index (χ0v) is 20.7. The highest BCUT2D eigenvalue weighted by atomic mass is 16.6. The Hall–Kier alpha value is -4.07. The highest BCUT2D eigenvalue weighted by Gasteiger charge is 2.33. The molecule has 3 heterocycles. The van der Waals surface area contributed by atoms with E-state index in [2.05, 4.69) is 32.5 Å². The standard InChI is InChI=1S/C28H31N5O3/c1-20-17-32(19-30-20)25-11-10-22(14-26(25)35-2)13-23-9-6-12-33-24(18-36-31-28(23)33)15-27(34)29-16-21-7-4-3-5-8-21/h3-5,7-8,10-11,13-14,17,19,24H,6,9,12,15-16,18H2,1-2H3,(H,29,34)/b23-13+/t24-/m0/s1. The molecule has 1 N–H and O–H groups in total. The molecule has 0 aliphatic carbocycles. The summed E-state index contributed by atoms with van der Waals surface area (Å²) < 4.78 is 7.63. The summed E-state index contributed by atoms with van der Waals surface area (Å²) in [5.41, 5.74) is 5.09. The smallest absolute Gasteiger partial charge is 0.222 e. The van der Waals surface area contributed by atoms with Crippen LogP contribution in [0.3, 0.4) is 0 Å². The number of aromatic nitrogens is 2. The molecule has 2 aliphatic heterocycles. The largest absolute Gasteiger partial charge is 0.495 e. The number of amides is 1. The number of nitrogens with one attached hydrogen (secondary N) is 1. The van der Waals surface area contributed by atoms with Gasteiger partial charge in [-0.15, -0.1) is 0 Å². The van der Waals surface area contributed by atoms with Crippen LogP contribution in [-0.4, -0.2) is 52.5 Å². The average molecular weight is 486 g/mol. The summed E-state index contributed by atoms with van der Waals surface area (Å²) in [5, 5.41) is 7.42. The molecule has 0 radical (unpaired) electrons. The molecule has 2 aliphatic rings. The fraction of sp³-hybridized carbons (Fsp3) is 0.321. The number of ether oxygens (including phenoxy) is 1. The van der Waals surface area contributed by atoms with E-state index in [9.17, 15) is 4.79 Å². The van der Waals surface area contributed by atoms with E-state index in [-0.39, 0.29) is 11.9 Å². The second-order valence-corrected chi connectivity index (χ2v) is 9.15. The molecule has 1 atom stereocenters. The van der Waals surface area contributed by atoms with Gasteiger partial charge in [0, 0.05) is 19.3 Å². The van der Waals surface area contributed by atoms with Crippen molar-refractivity contribution in [2.45, 2.75) is 38.8 Å². The highest BCUT2D eigenvalue weighted by molar-refractivity contribution is 6.03. The molecule has 0 saturated carbocycles. The molecule has 3 aromatic rings. The second kappa shape index (κ2) is 10.7. The van der Waals surface area contributed by atoms with Crippen molar-refractivity contribution >= 4 is 17.8 Å².